The Morgan fingerprint density at radius 3 is 2.55 bits per heavy atom. The van der Waals surface area contributed by atoms with E-state index in [-0.39, 0.29) is 17.6 Å². The molecule has 0 spiro atoms. The number of hydrogen-bond donors (Lipinski definition) is 1. The zero-order chi connectivity index (χ0) is 21.8. The number of hydrogen-bond acceptors (Lipinski definition) is 4. The molecular weight excluding hydrogens is 390 g/mol. The van der Waals surface area contributed by atoms with Crippen LogP contribution < -0.4 is 5.63 Å². The lowest BCUT2D eigenvalue weighted by molar-refractivity contribution is 0.0713. The summed E-state index contributed by atoms with van der Waals surface area (Å²) in [6.45, 7) is 3.40. The Kier molecular flexibility index (Phi) is 6.40. The first kappa shape index (κ1) is 21.2. The molecule has 0 bridgehead atoms. The van der Waals surface area contributed by atoms with Crippen LogP contribution in [0, 0.1) is 0 Å². The smallest absolute Gasteiger partial charge is 0.336 e. The molecule has 5 heteroatoms. The first-order chi connectivity index (χ1) is 15.1. The molecular formula is C26H29NO4. The molecule has 4 rings (SSSR count). The van der Waals surface area contributed by atoms with Gasteiger partial charge in [-0.2, -0.15) is 0 Å². The van der Waals surface area contributed by atoms with Crippen LogP contribution in [0.3, 0.4) is 0 Å². The van der Waals surface area contributed by atoms with Crippen molar-refractivity contribution < 1.29 is 14.3 Å². The van der Waals surface area contributed by atoms with Crippen LogP contribution in [0.15, 0.2) is 57.7 Å². The van der Waals surface area contributed by atoms with E-state index < -0.39 is 5.63 Å². The number of piperidine rings is 1. The summed E-state index contributed by atoms with van der Waals surface area (Å²) in [5.74, 6) is 0.310. The second-order valence-electron chi connectivity index (χ2n) is 8.40. The van der Waals surface area contributed by atoms with Crippen molar-refractivity contribution in [3.05, 3.63) is 75.6 Å². The molecule has 1 fully saturated rings. The molecule has 1 aliphatic rings. The summed E-state index contributed by atoms with van der Waals surface area (Å²) in [5, 5.41) is 11.4. The maximum absolute atomic E-state index is 12.7. The summed E-state index contributed by atoms with van der Waals surface area (Å²) in [5.41, 5.74) is 2.57. The predicted molar refractivity (Wildman–Crippen MR) is 122 cm³/mol. The highest BCUT2D eigenvalue weighted by atomic mass is 16.4. The van der Waals surface area contributed by atoms with E-state index in [1.165, 1.54) is 6.07 Å². The molecule has 1 aromatic heterocycles. The molecule has 5 nitrogen and oxygen atoms in total. The summed E-state index contributed by atoms with van der Waals surface area (Å²) in [6.07, 6.45) is 5.64. The van der Waals surface area contributed by atoms with Crippen LogP contribution in [0.1, 0.15) is 66.4 Å². The highest BCUT2D eigenvalue weighted by Gasteiger charge is 2.27. The average molecular weight is 420 g/mol. The predicted octanol–water partition coefficient (Wildman–Crippen LogP) is 5.25. The minimum absolute atomic E-state index is 0.0380. The van der Waals surface area contributed by atoms with Crippen molar-refractivity contribution >= 4 is 16.9 Å². The van der Waals surface area contributed by atoms with Gasteiger partial charge < -0.3 is 14.4 Å². The molecule has 1 saturated heterocycles. The van der Waals surface area contributed by atoms with Crippen molar-refractivity contribution in [2.75, 3.05) is 13.1 Å². The number of phenols is 1. The van der Waals surface area contributed by atoms with Crippen LogP contribution >= 0.6 is 0 Å². The lowest BCUT2D eigenvalue weighted by atomic mass is 9.87. The molecule has 0 unspecified atom stereocenters. The monoisotopic (exact) mass is 419 g/mol. The van der Waals surface area contributed by atoms with E-state index in [4.69, 9.17) is 4.42 Å². The maximum atomic E-state index is 12.7. The van der Waals surface area contributed by atoms with E-state index in [0.29, 0.717) is 29.6 Å². The number of phenolic OH excluding ortho intramolecular Hbond substituents is 1. The fourth-order valence-electron chi connectivity index (χ4n) is 4.57. The summed E-state index contributed by atoms with van der Waals surface area (Å²) in [4.78, 5) is 26.9. The first-order valence-corrected chi connectivity index (χ1v) is 11.2. The molecule has 1 amide bonds. The quantitative estimate of drug-likeness (QED) is 0.437. The van der Waals surface area contributed by atoms with Crippen LogP contribution in [0.25, 0.3) is 11.0 Å². The number of fused-ring (bicyclic) bond motifs is 1. The van der Waals surface area contributed by atoms with Gasteiger partial charge in [0.1, 0.15) is 11.3 Å². The first-order valence-electron chi connectivity index (χ1n) is 11.2. The van der Waals surface area contributed by atoms with Gasteiger partial charge in [-0.3, -0.25) is 4.79 Å². The molecule has 0 aliphatic carbocycles. The number of aryl methyl sites for hydroxylation is 1. The van der Waals surface area contributed by atoms with E-state index >= 15 is 0 Å². The van der Waals surface area contributed by atoms with Crippen molar-refractivity contribution in [3.8, 4) is 5.75 Å². The molecule has 0 radical (unpaired) electrons. The highest BCUT2D eigenvalue weighted by molar-refractivity contribution is 5.94. The van der Waals surface area contributed by atoms with Crippen LogP contribution in [0.5, 0.6) is 5.75 Å². The van der Waals surface area contributed by atoms with Crippen LogP contribution in [0.2, 0.25) is 0 Å². The zero-order valence-electron chi connectivity index (χ0n) is 18.0. The van der Waals surface area contributed by atoms with Crippen LogP contribution in [-0.2, 0) is 6.42 Å². The van der Waals surface area contributed by atoms with Crippen molar-refractivity contribution in [1.82, 2.24) is 4.90 Å². The molecule has 162 valence electrons. The van der Waals surface area contributed by atoms with Gasteiger partial charge in [0, 0.05) is 24.7 Å². The Balaban J connectivity index is 1.56. The van der Waals surface area contributed by atoms with Gasteiger partial charge >= 0.3 is 5.63 Å². The number of benzene rings is 2. The molecule has 2 heterocycles. The van der Waals surface area contributed by atoms with Gasteiger partial charge in [0.05, 0.1) is 5.39 Å². The minimum atomic E-state index is -0.393. The lowest BCUT2D eigenvalue weighted by Crippen LogP contribution is -2.38. The second kappa shape index (κ2) is 9.38. The Morgan fingerprint density at radius 1 is 1.10 bits per heavy atom. The fourth-order valence-corrected chi connectivity index (χ4v) is 4.57. The fraction of sp³-hybridized carbons (Fsp3) is 0.385. The molecule has 1 N–H and O–H groups in total. The summed E-state index contributed by atoms with van der Waals surface area (Å²) in [6, 6.07) is 14.5. The van der Waals surface area contributed by atoms with Gasteiger partial charge in [-0.25, -0.2) is 4.79 Å². The Labute approximate surface area is 182 Å². The van der Waals surface area contributed by atoms with Crippen molar-refractivity contribution in [2.45, 2.75) is 51.4 Å². The normalized spacial score (nSPS) is 14.8. The third kappa shape index (κ3) is 4.66. The molecule has 0 saturated carbocycles. The molecule has 3 aromatic rings. The number of aromatic hydroxyl groups is 1. The summed E-state index contributed by atoms with van der Waals surface area (Å²) >= 11 is 0. The van der Waals surface area contributed by atoms with Gasteiger partial charge in [0.2, 0.25) is 0 Å². The molecule has 1 aliphatic heterocycles. The van der Waals surface area contributed by atoms with Crippen molar-refractivity contribution in [2.24, 2.45) is 0 Å². The van der Waals surface area contributed by atoms with Gasteiger partial charge in [0.25, 0.3) is 5.91 Å². The number of unbranched alkanes of at least 4 members (excludes halogenated alkanes) is 2. The Morgan fingerprint density at radius 2 is 1.84 bits per heavy atom. The average Bonchev–Trinajstić information content (AvgIpc) is 2.78. The van der Waals surface area contributed by atoms with Gasteiger partial charge in [-0.05, 0) is 67.0 Å². The molecule has 31 heavy (non-hydrogen) atoms. The highest BCUT2D eigenvalue weighted by Crippen LogP contribution is 2.37. The van der Waals surface area contributed by atoms with Crippen LogP contribution in [-0.4, -0.2) is 29.0 Å². The maximum Gasteiger partial charge on any atom is 0.336 e. The number of carbonyl (C=O) groups is 1. The summed E-state index contributed by atoms with van der Waals surface area (Å²) < 4.78 is 5.46. The van der Waals surface area contributed by atoms with E-state index in [2.05, 4.69) is 6.92 Å². The Hall–Kier alpha value is -3.08. The number of nitrogens with zero attached hydrogens (tertiary/aromatic N) is 1. The number of rotatable bonds is 6. The topological polar surface area (TPSA) is 70.8 Å². The van der Waals surface area contributed by atoms with E-state index in [1.54, 1.807) is 6.07 Å². The minimum Gasteiger partial charge on any atom is -0.507 e. The number of likely N-dealkylation sites (tertiary alicyclic amines) is 1. The molecule has 0 atom stereocenters. The third-order valence-electron chi connectivity index (χ3n) is 6.23. The van der Waals surface area contributed by atoms with Gasteiger partial charge in [0.15, 0.2) is 0 Å². The van der Waals surface area contributed by atoms with Crippen molar-refractivity contribution in [1.29, 1.82) is 0 Å². The standard InChI is InChI=1S/C26H29NO4/c1-2-3-5-8-18-15-22(28)25-21(17-24(29)31-23(25)16-18)19-11-13-27(14-12-19)26(30)20-9-6-4-7-10-20/h4,6-7,9-10,15-17,19,28H,2-3,5,8,11-14H2,1H3. The number of amides is 1. The number of carbonyl (C=O) groups excluding carboxylic acids is 1. The summed E-state index contributed by atoms with van der Waals surface area (Å²) in [7, 11) is 0. The Bertz CT molecular complexity index is 1110. The third-order valence-corrected chi connectivity index (χ3v) is 6.23. The molecule has 2 aromatic carbocycles. The van der Waals surface area contributed by atoms with Crippen molar-refractivity contribution in [3.63, 3.8) is 0 Å². The van der Waals surface area contributed by atoms with E-state index in [9.17, 15) is 14.7 Å². The lowest BCUT2D eigenvalue weighted by Gasteiger charge is -2.32. The van der Waals surface area contributed by atoms with Gasteiger partial charge in [-0.15, -0.1) is 0 Å². The SMILES string of the molecule is CCCCCc1cc(O)c2c(C3CCN(C(=O)c4ccccc4)CC3)cc(=O)oc2c1. The van der Waals surface area contributed by atoms with E-state index in [0.717, 1.165) is 49.7 Å². The zero-order valence-corrected chi connectivity index (χ0v) is 18.0. The second-order valence-corrected chi connectivity index (χ2v) is 8.40. The van der Waals surface area contributed by atoms with Crippen LogP contribution in [0.4, 0.5) is 0 Å². The largest absolute Gasteiger partial charge is 0.507 e. The van der Waals surface area contributed by atoms with Gasteiger partial charge in [-0.1, -0.05) is 38.0 Å². The van der Waals surface area contributed by atoms with E-state index in [1.807, 2.05) is 41.3 Å².